The molecule has 4 rings (SSSR count). The third kappa shape index (κ3) is 4.40. The molecule has 0 aliphatic heterocycles. The Bertz CT molecular complexity index is 916. The minimum Gasteiger partial charge on any atom is -0.376 e. The molecule has 1 aromatic carbocycles. The second-order valence-electron chi connectivity index (χ2n) is 9.20. The van der Waals surface area contributed by atoms with Crippen LogP contribution in [0.4, 0.5) is 13.2 Å². The summed E-state index contributed by atoms with van der Waals surface area (Å²) >= 11 is 0. The van der Waals surface area contributed by atoms with Crippen LogP contribution < -0.4 is 0 Å². The lowest BCUT2D eigenvalue weighted by atomic mass is 9.80. The molecule has 1 aromatic heterocycles. The van der Waals surface area contributed by atoms with Crippen LogP contribution in [0.25, 0.3) is 0 Å². The van der Waals surface area contributed by atoms with E-state index in [1.165, 1.54) is 24.3 Å². The van der Waals surface area contributed by atoms with Crippen molar-refractivity contribution in [1.82, 2.24) is 9.88 Å². The highest BCUT2D eigenvalue weighted by Gasteiger charge is 2.51. The molecule has 2 fully saturated rings. The maximum atomic E-state index is 13.4. The van der Waals surface area contributed by atoms with Gasteiger partial charge >= 0.3 is 6.18 Å². The van der Waals surface area contributed by atoms with Gasteiger partial charge in [0.2, 0.25) is 0 Å². The van der Waals surface area contributed by atoms with Gasteiger partial charge in [-0.3, -0.25) is 9.78 Å². The van der Waals surface area contributed by atoms with Crippen LogP contribution in [0.1, 0.15) is 79.4 Å². The quantitative estimate of drug-likeness (QED) is 0.653. The molecule has 172 valence electrons. The van der Waals surface area contributed by atoms with Crippen LogP contribution in [-0.2, 0) is 5.60 Å². The Kier molecular flexibility index (Phi) is 6.30. The molecule has 0 saturated heterocycles. The van der Waals surface area contributed by atoms with Crippen LogP contribution >= 0.6 is 0 Å². The SMILES string of the molecule is C[C@](O)(c1ccc(C(=O)N(C2CCC2)[C@H]2CC[C@@H](c3ccccn3)CC2)cc1)C(F)(F)F. The number of hydrogen-bond acceptors (Lipinski definition) is 3. The summed E-state index contributed by atoms with van der Waals surface area (Å²) in [5.41, 5.74) is -1.76. The van der Waals surface area contributed by atoms with Crippen molar-refractivity contribution in [3.05, 3.63) is 65.5 Å². The summed E-state index contributed by atoms with van der Waals surface area (Å²) in [6.07, 6.45) is 3.75. The lowest BCUT2D eigenvalue weighted by Crippen LogP contribution is -2.51. The first-order valence-electron chi connectivity index (χ1n) is 11.3. The van der Waals surface area contributed by atoms with E-state index in [1.54, 1.807) is 0 Å². The van der Waals surface area contributed by atoms with Crippen molar-refractivity contribution in [2.75, 3.05) is 0 Å². The van der Waals surface area contributed by atoms with Gasteiger partial charge in [-0.2, -0.15) is 13.2 Å². The van der Waals surface area contributed by atoms with Gasteiger partial charge in [0.25, 0.3) is 5.91 Å². The fourth-order valence-electron chi connectivity index (χ4n) is 4.81. The van der Waals surface area contributed by atoms with Crippen molar-refractivity contribution in [1.29, 1.82) is 0 Å². The zero-order chi connectivity index (χ0) is 22.9. The number of pyridine rings is 1. The molecular formula is C25H29F3N2O2. The first kappa shape index (κ1) is 22.8. The summed E-state index contributed by atoms with van der Waals surface area (Å²) in [6, 6.07) is 11.5. The first-order chi connectivity index (χ1) is 15.2. The molecule has 1 heterocycles. The highest BCUT2D eigenvalue weighted by atomic mass is 19.4. The lowest BCUT2D eigenvalue weighted by Gasteiger charge is -2.45. The van der Waals surface area contributed by atoms with Crippen LogP contribution in [0.3, 0.4) is 0 Å². The third-order valence-electron chi connectivity index (χ3n) is 7.14. The third-order valence-corrected chi connectivity index (χ3v) is 7.14. The Morgan fingerprint density at radius 2 is 1.59 bits per heavy atom. The van der Waals surface area contributed by atoms with Crippen molar-refractivity contribution >= 4 is 5.91 Å². The Labute approximate surface area is 186 Å². The highest BCUT2D eigenvalue weighted by molar-refractivity contribution is 5.94. The predicted octanol–water partition coefficient (Wildman–Crippen LogP) is 5.57. The minimum atomic E-state index is -4.79. The molecule has 1 N–H and O–H groups in total. The number of aliphatic hydroxyl groups is 1. The number of rotatable bonds is 5. The molecule has 0 spiro atoms. The van der Waals surface area contributed by atoms with Crippen molar-refractivity contribution in [3.63, 3.8) is 0 Å². The number of hydrogen-bond donors (Lipinski definition) is 1. The summed E-state index contributed by atoms with van der Waals surface area (Å²) in [7, 11) is 0. The van der Waals surface area contributed by atoms with Gasteiger partial charge in [-0.05, 0) is 81.7 Å². The van der Waals surface area contributed by atoms with Gasteiger partial charge in [0, 0.05) is 35.5 Å². The molecule has 0 unspecified atom stereocenters. The van der Waals surface area contributed by atoms with Gasteiger partial charge in [0.15, 0.2) is 5.60 Å². The molecule has 2 saturated carbocycles. The van der Waals surface area contributed by atoms with Gasteiger partial charge in [0.05, 0.1) is 0 Å². The molecule has 2 aromatic rings. The van der Waals surface area contributed by atoms with Gasteiger partial charge in [-0.15, -0.1) is 0 Å². The van der Waals surface area contributed by atoms with E-state index in [-0.39, 0.29) is 23.6 Å². The van der Waals surface area contributed by atoms with Gasteiger partial charge < -0.3 is 10.0 Å². The standard InChI is InChI=1S/C25H29F3N2O2/c1-24(32,25(26,27)28)19-12-8-18(9-13-19)23(31)30(20-5-4-6-20)21-14-10-17(11-15-21)22-7-2-3-16-29-22/h2-3,7-9,12-13,16-17,20-21,32H,4-6,10-11,14-15H2,1H3/t17-,21+,24-/m0/s1. The fraction of sp³-hybridized carbons (Fsp3) is 0.520. The lowest BCUT2D eigenvalue weighted by molar-refractivity contribution is -0.258. The maximum Gasteiger partial charge on any atom is 0.421 e. The number of halogens is 3. The topological polar surface area (TPSA) is 53.4 Å². The van der Waals surface area contributed by atoms with Crippen LogP contribution in [0.5, 0.6) is 0 Å². The maximum absolute atomic E-state index is 13.4. The monoisotopic (exact) mass is 446 g/mol. The van der Waals surface area contributed by atoms with Gasteiger partial charge in [0.1, 0.15) is 0 Å². The number of carbonyl (C=O) groups excluding carboxylic acids is 1. The smallest absolute Gasteiger partial charge is 0.376 e. The average molecular weight is 447 g/mol. The predicted molar refractivity (Wildman–Crippen MR) is 115 cm³/mol. The van der Waals surface area contributed by atoms with Crippen LogP contribution in [-0.4, -0.2) is 39.2 Å². The van der Waals surface area contributed by atoms with E-state index in [4.69, 9.17) is 0 Å². The molecule has 7 heteroatoms. The second-order valence-corrected chi connectivity index (χ2v) is 9.20. The molecule has 2 aliphatic rings. The van der Waals surface area contributed by atoms with Crippen molar-refractivity contribution in [2.45, 2.75) is 81.6 Å². The minimum absolute atomic E-state index is 0.130. The van der Waals surface area contributed by atoms with E-state index < -0.39 is 11.8 Å². The fourth-order valence-corrected chi connectivity index (χ4v) is 4.81. The number of benzene rings is 1. The average Bonchev–Trinajstić information content (AvgIpc) is 2.76. The summed E-state index contributed by atoms with van der Waals surface area (Å²) < 4.78 is 39.4. The Morgan fingerprint density at radius 1 is 0.969 bits per heavy atom. The molecule has 1 amide bonds. The van der Waals surface area contributed by atoms with E-state index in [0.717, 1.165) is 57.6 Å². The molecule has 2 aliphatic carbocycles. The molecule has 4 nitrogen and oxygen atoms in total. The number of alkyl halides is 3. The van der Waals surface area contributed by atoms with Crippen molar-refractivity contribution in [3.8, 4) is 0 Å². The number of aromatic nitrogens is 1. The van der Waals surface area contributed by atoms with Crippen molar-refractivity contribution < 1.29 is 23.1 Å². The molecule has 32 heavy (non-hydrogen) atoms. The van der Waals surface area contributed by atoms with Crippen LogP contribution in [0, 0.1) is 0 Å². The van der Waals surface area contributed by atoms with Gasteiger partial charge in [-0.25, -0.2) is 0 Å². The zero-order valence-corrected chi connectivity index (χ0v) is 18.2. The van der Waals surface area contributed by atoms with E-state index in [2.05, 4.69) is 11.1 Å². The molecule has 1 atom stereocenters. The molecule has 0 bridgehead atoms. The molecule has 0 radical (unpaired) electrons. The summed E-state index contributed by atoms with van der Waals surface area (Å²) in [6.45, 7) is 0.727. The van der Waals surface area contributed by atoms with Crippen LogP contribution in [0.15, 0.2) is 48.7 Å². The summed E-state index contributed by atoms with van der Waals surface area (Å²) in [5, 5.41) is 9.89. The first-order valence-corrected chi connectivity index (χ1v) is 11.3. The zero-order valence-electron chi connectivity index (χ0n) is 18.2. The number of amides is 1. The molecular weight excluding hydrogens is 417 g/mol. The Morgan fingerprint density at radius 3 is 2.09 bits per heavy atom. The number of nitrogens with zero attached hydrogens (tertiary/aromatic N) is 2. The van der Waals surface area contributed by atoms with E-state index in [0.29, 0.717) is 11.5 Å². The van der Waals surface area contributed by atoms with E-state index in [9.17, 15) is 23.1 Å². The van der Waals surface area contributed by atoms with Gasteiger partial charge in [-0.1, -0.05) is 18.2 Å². The van der Waals surface area contributed by atoms with E-state index in [1.807, 2.05) is 23.2 Å². The summed E-state index contributed by atoms with van der Waals surface area (Å²) in [4.78, 5) is 19.9. The largest absolute Gasteiger partial charge is 0.421 e. The highest BCUT2D eigenvalue weighted by Crippen LogP contribution is 2.40. The van der Waals surface area contributed by atoms with Crippen LogP contribution in [0.2, 0.25) is 0 Å². The summed E-state index contributed by atoms with van der Waals surface area (Å²) in [5.74, 6) is 0.267. The second kappa shape index (κ2) is 8.85. The van der Waals surface area contributed by atoms with Crippen molar-refractivity contribution in [2.24, 2.45) is 0 Å². The van der Waals surface area contributed by atoms with E-state index >= 15 is 0 Å². The Balaban J connectivity index is 1.49. The normalized spacial score (nSPS) is 23.8. The Hall–Kier alpha value is -2.41. The number of carbonyl (C=O) groups is 1.